The van der Waals surface area contributed by atoms with Gasteiger partial charge in [0.25, 0.3) is 5.56 Å². The van der Waals surface area contributed by atoms with Crippen LogP contribution in [-0.4, -0.2) is 21.1 Å². The zero-order valence-corrected chi connectivity index (χ0v) is 20.3. The smallest absolute Gasteiger partial charge is 0.260 e. The Kier molecular flexibility index (Phi) is 6.69. The molecule has 1 unspecified atom stereocenters. The highest BCUT2D eigenvalue weighted by molar-refractivity contribution is 8.00. The summed E-state index contributed by atoms with van der Waals surface area (Å²) in [5.74, 6) is -0.155. The molecule has 0 radical (unpaired) electrons. The van der Waals surface area contributed by atoms with E-state index in [1.54, 1.807) is 12.1 Å². The summed E-state index contributed by atoms with van der Waals surface area (Å²) in [6, 6.07) is 15.2. The van der Waals surface area contributed by atoms with Crippen LogP contribution in [0.2, 0.25) is 5.02 Å². The van der Waals surface area contributed by atoms with Crippen LogP contribution in [0.1, 0.15) is 23.8 Å². The molecule has 164 valence electrons. The van der Waals surface area contributed by atoms with E-state index >= 15 is 0 Å². The molecule has 2 aromatic carbocycles. The van der Waals surface area contributed by atoms with Crippen molar-refractivity contribution in [2.45, 2.75) is 37.6 Å². The number of rotatable bonds is 6. The molecule has 0 bridgehead atoms. The maximum Gasteiger partial charge on any atom is 0.260 e. The molecule has 2 heterocycles. The SMILES string of the molecule is CCC(Sc1nc2sc(C)c(-c3ccccc3)c2c(=O)[nH]1)C(=O)Nc1cc(Cl)ccc1C. The molecule has 32 heavy (non-hydrogen) atoms. The van der Waals surface area contributed by atoms with Gasteiger partial charge in [-0.15, -0.1) is 11.3 Å². The summed E-state index contributed by atoms with van der Waals surface area (Å²) in [7, 11) is 0. The molecule has 4 rings (SSSR count). The Balaban J connectivity index is 1.63. The van der Waals surface area contributed by atoms with Crippen LogP contribution in [0.25, 0.3) is 21.3 Å². The molecular weight excluding hydrogens is 462 g/mol. The van der Waals surface area contributed by atoms with Crippen molar-refractivity contribution in [2.24, 2.45) is 0 Å². The van der Waals surface area contributed by atoms with Crippen molar-refractivity contribution in [1.29, 1.82) is 0 Å². The number of nitrogens with zero attached hydrogens (tertiary/aromatic N) is 1. The number of aromatic nitrogens is 2. The molecule has 2 aromatic heterocycles. The van der Waals surface area contributed by atoms with Gasteiger partial charge in [-0.2, -0.15) is 0 Å². The quantitative estimate of drug-likeness (QED) is 0.245. The second-order valence-electron chi connectivity index (χ2n) is 7.41. The van der Waals surface area contributed by atoms with E-state index in [9.17, 15) is 9.59 Å². The van der Waals surface area contributed by atoms with Crippen LogP contribution in [0.15, 0.2) is 58.5 Å². The molecule has 1 atom stereocenters. The first-order valence-corrected chi connectivity index (χ1v) is 12.3. The molecule has 0 aliphatic heterocycles. The highest BCUT2D eigenvalue weighted by atomic mass is 35.5. The lowest BCUT2D eigenvalue weighted by molar-refractivity contribution is -0.115. The number of fused-ring (bicyclic) bond motifs is 1. The number of thioether (sulfide) groups is 1. The molecule has 4 aromatic rings. The van der Waals surface area contributed by atoms with E-state index in [1.807, 2.05) is 57.2 Å². The monoisotopic (exact) mass is 483 g/mol. The van der Waals surface area contributed by atoms with E-state index in [0.717, 1.165) is 21.6 Å². The first-order valence-electron chi connectivity index (χ1n) is 10.2. The van der Waals surface area contributed by atoms with Gasteiger partial charge in [0.2, 0.25) is 5.91 Å². The number of anilines is 1. The highest BCUT2D eigenvalue weighted by Gasteiger charge is 2.22. The molecule has 0 saturated heterocycles. The Morgan fingerprint density at radius 3 is 2.69 bits per heavy atom. The van der Waals surface area contributed by atoms with Crippen molar-refractivity contribution < 1.29 is 4.79 Å². The first-order chi connectivity index (χ1) is 15.4. The number of amides is 1. The van der Waals surface area contributed by atoms with E-state index < -0.39 is 5.25 Å². The van der Waals surface area contributed by atoms with Gasteiger partial charge in [0.1, 0.15) is 4.83 Å². The van der Waals surface area contributed by atoms with Crippen molar-refractivity contribution in [3.05, 3.63) is 74.3 Å². The standard InChI is InChI=1S/C24H22ClN3O2S2/c1-4-18(21(29)26-17-12-16(25)11-10-13(17)2)32-24-27-22(30)20-19(14(3)31-23(20)28-24)15-8-6-5-7-9-15/h5-12,18H,4H2,1-3H3,(H,26,29)(H,27,28,30). The highest BCUT2D eigenvalue weighted by Crippen LogP contribution is 2.36. The molecule has 0 spiro atoms. The number of carbonyl (C=O) groups is 1. The average Bonchev–Trinajstić information content (AvgIpc) is 3.11. The maximum atomic E-state index is 13.0. The number of aromatic amines is 1. The van der Waals surface area contributed by atoms with Gasteiger partial charge in [-0.3, -0.25) is 9.59 Å². The molecule has 0 aliphatic rings. The van der Waals surface area contributed by atoms with E-state index in [4.69, 9.17) is 11.6 Å². The molecule has 5 nitrogen and oxygen atoms in total. The lowest BCUT2D eigenvalue weighted by Gasteiger charge is -2.15. The Labute approximate surface area is 199 Å². The van der Waals surface area contributed by atoms with E-state index in [1.165, 1.54) is 23.1 Å². The van der Waals surface area contributed by atoms with Gasteiger partial charge in [0, 0.05) is 21.2 Å². The third-order valence-electron chi connectivity index (χ3n) is 5.15. The summed E-state index contributed by atoms with van der Waals surface area (Å²) in [5, 5.41) is 4.13. The summed E-state index contributed by atoms with van der Waals surface area (Å²) < 4.78 is 0. The molecule has 1 amide bonds. The molecule has 0 fully saturated rings. The summed E-state index contributed by atoms with van der Waals surface area (Å²) in [5.41, 5.74) is 3.32. The van der Waals surface area contributed by atoms with E-state index in [0.29, 0.717) is 32.5 Å². The Bertz CT molecular complexity index is 1350. The van der Waals surface area contributed by atoms with Crippen LogP contribution < -0.4 is 10.9 Å². The number of aryl methyl sites for hydroxylation is 2. The largest absolute Gasteiger partial charge is 0.325 e. The fraction of sp³-hybridized carbons (Fsp3) is 0.208. The van der Waals surface area contributed by atoms with Gasteiger partial charge in [-0.05, 0) is 43.5 Å². The van der Waals surface area contributed by atoms with E-state index in [-0.39, 0.29) is 11.5 Å². The van der Waals surface area contributed by atoms with Gasteiger partial charge in [0.15, 0.2) is 5.16 Å². The molecule has 0 aliphatic carbocycles. The zero-order chi connectivity index (χ0) is 22.8. The fourth-order valence-corrected chi connectivity index (χ4v) is 5.68. The molecule has 0 saturated carbocycles. The fourth-order valence-electron chi connectivity index (χ4n) is 3.51. The second kappa shape index (κ2) is 9.48. The van der Waals surface area contributed by atoms with Crippen LogP contribution in [0.3, 0.4) is 0 Å². The lowest BCUT2D eigenvalue weighted by Crippen LogP contribution is -2.25. The number of hydrogen-bond donors (Lipinski definition) is 2. The molecule has 8 heteroatoms. The maximum absolute atomic E-state index is 13.0. The predicted octanol–water partition coefficient (Wildman–Crippen LogP) is 6.43. The summed E-state index contributed by atoms with van der Waals surface area (Å²) >= 11 is 8.82. The van der Waals surface area contributed by atoms with Crippen LogP contribution in [-0.2, 0) is 4.79 Å². The number of benzene rings is 2. The van der Waals surface area contributed by atoms with Crippen molar-refractivity contribution in [1.82, 2.24) is 9.97 Å². The van der Waals surface area contributed by atoms with Crippen molar-refractivity contribution in [3.8, 4) is 11.1 Å². The van der Waals surface area contributed by atoms with Crippen molar-refractivity contribution >= 4 is 56.5 Å². The van der Waals surface area contributed by atoms with Gasteiger partial charge < -0.3 is 10.3 Å². The van der Waals surface area contributed by atoms with Gasteiger partial charge in [0.05, 0.1) is 10.6 Å². The first kappa shape index (κ1) is 22.6. The number of hydrogen-bond acceptors (Lipinski definition) is 5. The average molecular weight is 484 g/mol. The minimum atomic E-state index is -0.413. The lowest BCUT2D eigenvalue weighted by atomic mass is 10.0. The predicted molar refractivity (Wildman–Crippen MR) is 135 cm³/mol. The number of H-pyrrole nitrogens is 1. The zero-order valence-electron chi connectivity index (χ0n) is 17.9. The second-order valence-corrected chi connectivity index (χ2v) is 10.2. The molecule has 2 N–H and O–H groups in total. The van der Waals surface area contributed by atoms with Crippen LogP contribution in [0.5, 0.6) is 0 Å². The minimum Gasteiger partial charge on any atom is -0.325 e. The van der Waals surface area contributed by atoms with Gasteiger partial charge >= 0.3 is 0 Å². The Hall–Kier alpha value is -2.61. The van der Waals surface area contributed by atoms with Crippen molar-refractivity contribution in [2.75, 3.05) is 5.32 Å². The minimum absolute atomic E-state index is 0.155. The van der Waals surface area contributed by atoms with Gasteiger partial charge in [-0.1, -0.05) is 66.7 Å². The number of thiophene rings is 1. The summed E-state index contributed by atoms with van der Waals surface area (Å²) in [6.07, 6.45) is 0.580. The van der Waals surface area contributed by atoms with Crippen molar-refractivity contribution in [3.63, 3.8) is 0 Å². The van der Waals surface area contributed by atoms with Crippen LogP contribution in [0, 0.1) is 13.8 Å². The topological polar surface area (TPSA) is 74.8 Å². The number of nitrogens with one attached hydrogen (secondary N) is 2. The third kappa shape index (κ3) is 4.60. The third-order valence-corrected chi connectivity index (χ3v) is 7.64. The normalized spacial score (nSPS) is 12.1. The van der Waals surface area contributed by atoms with Gasteiger partial charge in [-0.25, -0.2) is 4.98 Å². The Morgan fingerprint density at radius 1 is 1.22 bits per heavy atom. The van der Waals surface area contributed by atoms with Crippen LogP contribution in [0.4, 0.5) is 5.69 Å². The number of carbonyl (C=O) groups excluding carboxylic acids is 1. The summed E-state index contributed by atoms with van der Waals surface area (Å²) in [4.78, 5) is 35.2. The molecular formula is C24H22ClN3O2S2. The Morgan fingerprint density at radius 2 is 1.97 bits per heavy atom. The van der Waals surface area contributed by atoms with E-state index in [2.05, 4.69) is 15.3 Å². The summed E-state index contributed by atoms with van der Waals surface area (Å²) in [6.45, 7) is 5.84. The number of halogens is 1. The van der Waals surface area contributed by atoms with Crippen LogP contribution >= 0.6 is 34.7 Å².